The molecule has 6 nitrogen and oxygen atoms in total. The number of fused-ring (bicyclic) bond motifs is 2. The quantitative estimate of drug-likeness (QED) is 0.784. The van der Waals surface area contributed by atoms with Crippen LogP contribution in [0, 0.1) is 17.8 Å². The maximum Gasteiger partial charge on any atom is 0.225 e. The summed E-state index contributed by atoms with van der Waals surface area (Å²) in [5.41, 5.74) is 1.05. The van der Waals surface area contributed by atoms with Crippen LogP contribution in [0.1, 0.15) is 24.8 Å². The van der Waals surface area contributed by atoms with Crippen molar-refractivity contribution < 1.29 is 19.0 Å². The number of carbonyl (C=O) groups is 1. The number of halogens is 1. The summed E-state index contributed by atoms with van der Waals surface area (Å²) in [5.74, 6) is 2.45. The first-order chi connectivity index (χ1) is 13.6. The Morgan fingerprint density at radius 3 is 2.57 bits per heavy atom. The minimum Gasteiger partial charge on any atom is -0.493 e. The number of hydrogen-bond donors (Lipinski definition) is 1. The monoisotopic (exact) mass is 408 g/mol. The zero-order valence-corrected chi connectivity index (χ0v) is 17.3. The van der Waals surface area contributed by atoms with Crippen molar-refractivity contribution in [3.63, 3.8) is 0 Å². The Labute approximate surface area is 171 Å². The number of hydrogen-bond acceptors (Lipinski definition) is 5. The summed E-state index contributed by atoms with van der Waals surface area (Å²) in [5, 5.41) is 3.96. The average molecular weight is 409 g/mol. The Hall–Kier alpha value is -1.50. The second kappa shape index (κ2) is 8.47. The molecule has 3 aliphatic rings. The third-order valence-electron chi connectivity index (χ3n) is 6.48. The van der Waals surface area contributed by atoms with E-state index in [-0.39, 0.29) is 11.8 Å². The van der Waals surface area contributed by atoms with Gasteiger partial charge in [0.05, 0.1) is 31.8 Å². The fraction of sp³-hybridized carbons (Fsp3) is 0.667. The van der Waals surface area contributed by atoms with Crippen molar-refractivity contribution in [1.29, 1.82) is 0 Å². The van der Waals surface area contributed by atoms with E-state index in [1.165, 1.54) is 12.8 Å². The highest BCUT2D eigenvalue weighted by Gasteiger charge is 2.43. The van der Waals surface area contributed by atoms with E-state index in [2.05, 4.69) is 10.2 Å². The number of methoxy groups -OCH3 is 2. The number of piperidine rings is 1. The highest BCUT2D eigenvalue weighted by Crippen LogP contribution is 2.40. The minimum absolute atomic E-state index is 0.0306. The number of benzene rings is 1. The number of rotatable bonds is 6. The lowest BCUT2D eigenvalue weighted by atomic mass is 9.91. The van der Waals surface area contributed by atoms with Gasteiger partial charge in [-0.1, -0.05) is 17.7 Å². The van der Waals surface area contributed by atoms with Gasteiger partial charge in [-0.25, -0.2) is 0 Å². The first kappa shape index (κ1) is 19.8. The first-order valence-corrected chi connectivity index (χ1v) is 10.5. The van der Waals surface area contributed by atoms with Crippen LogP contribution in [-0.4, -0.2) is 57.4 Å². The first-order valence-electron chi connectivity index (χ1n) is 10.1. The molecule has 2 saturated heterocycles. The van der Waals surface area contributed by atoms with Gasteiger partial charge in [0.2, 0.25) is 5.91 Å². The molecule has 0 spiro atoms. The van der Waals surface area contributed by atoms with Crippen LogP contribution >= 0.6 is 11.6 Å². The summed E-state index contributed by atoms with van der Waals surface area (Å²) in [6.45, 7) is 4.01. The molecule has 2 heterocycles. The molecule has 1 aliphatic carbocycles. The average Bonchev–Trinajstić information content (AvgIpc) is 3.30. The lowest BCUT2D eigenvalue weighted by Gasteiger charge is -2.39. The predicted molar refractivity (Wildman–Crippen MR) is 107 cm³/mol. The molecule has 3 fully saturated rings. The Balaban J connectivity index is 1.40. The van der Waals surface area contributed by atoms with Crippen LogP contribution in [0.4, 0.5) is 0 Å². The van der Waals surface area contributed by atoms with Gasteiger partial charge in [-0.2, -0.15) is 0 Å². The Kier molecular flexibility index (Phi) is 5.99. The van der Waals surface area contributed by atoms with E-state index in [1.807, 2.05) is 12.1 Å². The second-order valence-corrected chi connectivity index (χ2v) is 8.54. The van der Waals surface area contributed by atoms with E-state index in [4.69, 9.17) is 25.8 Å². The number of ether oxygens (including phenoxy) is 3. The topological polar surface area (TPSA) is 60.0 Å². The van der Waals surface area contributed by atoms with Crippen molar-refractivity contribution >= 4 is 17.5 Å². The molecule has 7 heteroatoms. The van der Waals surface area contributed by atoms with Gasteiger partial charge in [0, 0.05) is 32.3 Å². The molecule has 1 aromatic carbocycles. The molecule has 2 unspecified atom stereocenters. The van der Waals surface area contributed by atoms with E-state index in [9.17, 15) is 4.79 Å². The molecule has 2 aliphatic heterocycles. The summed E-state index contributed by atoms with van der Waals surface area (Å²) in [6, 6.07) is 4.22. The highest BCUT2D eigenvalue weighted by atomic mass is 35.5. The number of amides is 1. The van der Waals surface area contributed by atoms with E-state index >= 15 is 0 Å². The van der Waals surface area contributed by atoms with Gasteiger partial charge < -0.3 is 19.5 Å². The highest BCUT2D eigenvalue weighted by molar-refractivity contribution is 6.33. The van der Waals surface area contributed by atoms with Gasteiger partial charge in [-0.05, 0) is 42.7 Å². The van der Waals surface area contributed by atoms with Gasteiger partial charge in [0.1, 0.15) is 0 Å². The van der Waals surface area contributed by atoms with Crippen LogP contribution in [0.2, 0.25) is 5.02 Å². The van der Waals surface area contributed by atoms with Gasteiger partial charge in [-0.15, -0.1) is 0 Å². The van der Waals surface area contributed by atoms with Crippen LogP contribution < -0.4 is 14.8 Å². The minimum atomic E-state index is 0.0306. The van der Waals surface area contributed by atoms with Gasteiger partial charge in [0.15, 0.2) is 11.5 Å². The number of nitrogens with one attached hydrogen (secondary N) is 1. The molecule has 1 amide bonds. The van der Waals surface area contributed by atoms with Crippen LogP contribution in [0.5, 0.6) is 11.5 Å². The third kappa shape index (κ3) is 3.82. The van der Waals surface area contributed by atoms with Crippen molar-refractivity contribution in [2.75, 3.05) is 40.5 Å². The molecule has 4 rings (SSSR count). The zero-order valence-electron chi connectivity index (χ0n) is 16.6. The molecule has 2 bridgehead atoms. The number of nitrogens with zero attached hydrogens (tertiary/aromatic N) is 1. The van der Waals surface area contributed by atoms with Crippen LogP contribution in [0.25, 0.3) is 0 Å². The van der Waals surface area contributed by atoms with Crippen molar-refractivity contribution in [3.05, 3.63) is 22.7 Å². The molecule has 4 atom stereocenters. The van der Waals surface area contributed by atoms with E-state index in [0.29, 0.717) is 47.6 Å². The van der Waals surface area contributed by atoms with Crippen molar-refractivity contribution in [2.24, 2.45) is 17.8 Å². The lowest BCUT2D eigenvalue weighted by molar-refractivity contribution is -0.126. The summed E-state index contributed by atoms with van der Waals surface area (Å²) in [7, 11) is 3.22. The predicted octanol–water partition coefficient (Wildman–Crippen LogP) is 2.72. The number of likely N-dealkylation sites (tertiary alicyclic amines) is 1. The fourth-order valence-corrected chi connectivity index (χ4v) is 5.29. The van der Waals surface area contributed by atoms with Crippen LogP contribution in [-0.2, 0) is 16.1 Å². The summed E-state index contributed by atoms with van der Waals surface area (Å²) >= 11 is 6.57. The fourth-order valence-electron chi connectivity index (χ4n) is 5.00. The zero-order chi connectivity index (χ0) is 19.7. The maximum absolute atomic E-state index is 12.5. The molecular formula is C21H29ClN2O4. The summed E-state index contributed by atoms with van der Waals surface area (Å²) < 4.78 is 16.1. The Morgan fingerprint density at radius 1 is 1.21 bits per heavy atom. The summed E-state index contributed by atoms with van der Waals surface area (Å²) in [4.78, 5) is 15.0. The second-order valence-electron chi connectivity index (χ2n) is 8.16. The van der Waals surface area contributed by atoms with Gasteiger partial charge in [-0.3, -0.25) is 9.69 Å². The largest absolute Gasteiger partial charge is 0.493 e. The maximum atomic E-state index is 12.5. The SMILES string of the molecule is COc1ccc(CN2C[C@H]3CC[C@@H](C2)C3NC(=O)C2CCOC2)c(Cl)c1OC. The van der Waals surface area contributed by atoms with Gasteiger partial charge in [0.25, 0.3) is 0 Å². The lowest BCUT2D eigenvalue weighted by Crippen LogP contribution is -2.53. The van der Waals surface area contributed by atoms with Gasteiger partial charge >= 0.3 is 0 Å². The van der Waals surface area contributed by atoms with Crippen molar-refractivity contribution in [1.82, 2.24) is 10.2 Å². The standard InChI is InChI=1S/C21H29ClN2O4/c1-26-17-6-5-13(18(22)20(17)27-2)9-24-10-14-3-4-15(11-24)19(14)23-21(25)16-7-8-28-12-16/h5-6,14-16,19H,3-4,7-12H2,1-2H3,(H,23,25)/t14-,15+,16?,19?. The molecule has 1 aromatic rings. The molecule has 28 heavy (non-hydrogen) atoms. The molecule has 1 saturated carbocycles. The molecule has 0 aromatic heterocycles. The normalized spacial score (nSPS) is 29.7. The Morgan fingerprint density at radius 2 is 1.96 bits per heavy atom. The van der Waals surface area contributed by atoms with Crippen molar-refractivity contribution in [3.8, 4) is 11.5 Å². The molecule has 0 radical (unpaired) electrons. The van der Waals surface area contributed by atoms with Crippen molar-refractivity contribution in [2.45, 2.75) is 31.8 Å². The van der Waals surface area contributed by atoms with Crippen LogP contribution in [0.15, 0.2) is 12.1 Å². The van der Waals surface area contributed by atoms with Crippen LogP contribution in [0.3, 0.4) is 0 Å². The molecular weight excluding hydrogens is 380 g/mol. The Bertz CT molecular complexity index is 709. The van der Waals surface area contributed by atoms with E-state index in [1.54, 1.807) is 14.2 Å². The molecule has 1 N–H and O–H groups in total. The number of carbonyl (C=O) groups excluding carboxylic acids is 1. The molecule has 154 valence electrons. The third-order valence-corrected chi connectivity index (χ3v) is 6.89. The smallest absolute Gasteiger partial charge is 0.225 e. The summed E-state index contributed by atoms with van der Waals surface area (Å²) in [6.07, 6.45) is 3.19. The van der Waals surface area contributed by atoms with E-state index in [0.717, 1.165) is 31.6 Å². The van der Waals surface area contributed by atoms with E-state index < -0.39 is 0 Å².